The minimum Gasteiger partial charge on any atom is -0.493 e. The van der Waals surface area contributed by atoms with Crippen LogP contribution in [0.4, 0.5) is 5.69 Å². The number of rotatable bonds is 6. The fraction of sp³-hybridized carbons (Fsp3) is 0.550. The first-order valence-corrected chi connectivity index (χ1v) is 9.58. The number of nitrogens with zero attached hydrogens (tertiary/aromatic N) is 2. The van der Waals surface area contributed by atoms with E-state index in [4.69, 9.17) is 19.9 Å². The Morgan fingerprint density at radius 1 is 1.00 bits per heavy atom. The third-order valence-corrected chi connectivity index (χ3v) is 5.64. The minimum absolute atomic E-state index is 0.0591. The van der Waals surface area contributed by atoms with Crippen molar-refractivity contribution in [2.24, 2.45) is 17.6 Å². The molecule has 1 unspecified atom stereocenters. The maximum atomic E-state index is 12.9. The summed E-state index contributed by atoms with van der Waals surface area (Å²) in [5, 5.41) is 0. The van der Waals surface area contributed by atoms with Crippen LogP contribution in [-0.2, 0) is 14.4 Å². The summed E-state index contributed by atoms with van der Waals surface area (Å²) < 4.78 is 16.0. The summed E-state index contributed by atoms with van der Waals surface area (Å²) in [4.78, 5) is 40.2. The number of carbonyl (C=O) groups is 3. The minimum atomic E-state index is -0.424. The predicted molar refractivity (Wildman–Crippen MR) is 105 cm³/mol. The van der Waals surface area contributed by atoms with E-state index in [1.165, 1.54) is 21.3 Å². The van der Waals surface area contributed by atoms with Crippen molar-refractivity contribution in [3.8, 4) is 17.2 Å². The molecule has 1 aromatic rings. The molecule has 0 aliphatic carbocycles. The second kappa shape index (κ2) is 8.59. The van der Waals surface area contributed by atoms with Crippen LogP contribution >= 0.6 is 0 Å². The van der Waals surface area contributed by atoms with E-state index in [2.05, 4.69) is 0 Å². The van der Waals surface area contributed by atoms with Crippen LogP contribution in [-0.4, -0.2) is 63.6 Å². The Kier molecular flexibility index (Phi) is 6.14. The Balaban J connectivity index is 1.74. The average Bonchev–Trinajstić information content (AvgIpc) is 3.13. The van der Waals surface area contributed by atoms with Gasteiger partial charge in [0.05, 0.1) is 32.9 Å². The zero-order valence-electron chi connectivity index (χ0n) is 17.0. The summed E-state index contributed by atoms with van der Waals surface area (Å²) in [5.74, 6) is 0.209. The standard InChI is InChI=1S/C20H27N3O6/c1-27-15-9-14(10-16(28-2)18(15)29-3)23-11-13(8-17(23)24)20(26)22-6-4-12(5-7-22)19(21)25/h9-10,12-13H,4-8,11H2,1-3H3,(H2,21,25). The number of carbonyl (C=O) groups excluding carboxylic acids is 3. The van der Waals surface area contributed by atoms with E-state index in [-0.39, 0.29) is 36.6 Å². The zero-order valence-corrected chi connectivity index (χ0v) is 17.0. The Morgan fingerprint density at radius 3 is 2.07 bits per heavy atom. The van der Waals surface area contributed by atoms with Crippen LogP contribution in [0.15, 0.2) is 12.1 Å². The molecule has 3 rings (SSSR count). The summed E-state index contributed by atoms with van der Waals surface area (Å²) in [5.41, 5.74) is 5.95. The highest BCUT2D eigenvalue weighted by Gasteiger charge is 2.39. The molecule has 3 amide bonds. The molecule has 9 heteroatoms. The van der Waals surface area contributed by atoms with Crippen LogP contribution in [0.2, 0.25) is 0 Å². The van der Waals surface area contributed by atoms with Crippen molar-refractivity contribution in [3.63, 3.8) is 0 Å². The lowest BCUT2D eigenvalue weighted by atomic mass is 9.95. The summed E-state index contributed by atoms with van der Waals surface area (Å²) >= 11 is 0. The van der Waals surface area contributed by atoms with Crippen molar-refractivity contribution >= 4 is 23.4 Å². The van der Waals surface area contributed by atoms with Crippen LogP contribution in [0.25, 0.3) is 0 Å². The number of amides is 3. The summed E-state index contributed by atoms with van der Waals surface area (Å²) in [6, 6.07) is 3.40. The fourth-order valence-corrected chi connectivity index (χ4v) is 3.99. The summed E-state index contributed by atoms with van der Waals surface area (Å²) in [6.07, 6.45) is 1.28. The highest BCUT2D eigenvalue weighted by molar-refractivity contribution is 6.00. The highest BCUT2D eigenvalue weighted by Crippen LogP contribution is 2.42. The molecular formula is C20H27N3O6. The van der Waals surface area contributed by atoms with Gasteiger partial charge in [0.15, 0.2) is 11.5 Å². The smallest absolute Gasteiger partial charge is 0.228 e. The van der Waals surface area contributed by atoms with Crippen molar-refractivity contribution in [2.45, 2.75) is 19.3 Å². The molecule has 158 valence electrons. The van der Waals surface area contributed by atoms with E-state index in [0.717, 1.165) is 0 Å². The Bertz CT molecular complexity index is 778. The molecule has 2 N–H and O–H groups in total. The highest BCUT2D eigenvalue weighted by atomic mass is 16.5. The van der Waals surface area contributed by atoms with Gasteiger partial charge in [0, 0.05) is 44.1 Å². The van der Waals surface area contributed by atoms with Crippen LogP contribution in [0.5, 0.6) is 17.2 Å². The fourth-order valence-electron chi connectivity index (χ4n) is 3.99. The molecule has 0 saturated carbocycles. The van der Waals surface area contributed by atoms with E-state index < -0.39 is 5.92 Å². The lowest BCUT2D eigenvalue weighted by Crippen LogP contribution is -2.44. The van der Waals surface area contributed by atoms with Crippen LogP contribution in [0, 0.1) is 11.8 Å². The van der Waals surface area contributed by atoms with Gasteiger partial charge in [0.25, 0.3) is 0 Å². The van der Waals surface area contributed by atoms with E-state index in [1.807, 2.05) is 0 Å². The van der Waals surface area contributed by atoms with Gasteiger partial charge in [-0.15, -0.1) is 0 Å². The lowest BCUT2D eigenvalue weighted by Gasteiger charge is -2.32. The first kappa shape index (κ1) is 20.8. The Labute approximate surface area is 169 Å². The van der Waals surface area contributed by atoms with Gasteiger partial charge >= 0.3 is 0 Å². The average molecular weight is 405 g/mol. The molecule has 29 heavy (non-hydrogen) atoms. The maximum absolute atomic E-state index is 12.9. The normalized spacial score (nSPS) is 20.0. The Hall–Kier alpha value is -2.97. The molecule has 0 bridgehead atoms. The monoisotopic (exact) mass is 405 g/mol. The van der Waals surface area contributed by atoms with Crippen molar-refractivity contribution < 1.29 is 28.6 Å². The number of anilines is 1. The molecule has 2 saturated heterocycles. The third-order valence-electron chi connectivity index (χ3n) is 5.64. The van der Waals surface area contributed by atoms with Gasteiger partial charge in [-0.2, -0.15) is 0 Å². The molecule has 9 nitrogen and oxygen atoms in total. The predicted octanol–water partition coefficient (Wildman–Crippen LogP) is 0.789. The van der Waals surface area contributed by atoms with Gasteiger partial charge in [-0.1, -0.05) is 0 Å². The lowest BCUT2D eigenvalue weighted by molar-refractivity contribution is -0.138. The van der Waals surface area contributed by atoms with Crippen LogP contribution in [0.3, 0.4) is 0 Å². The first-order chi connectivity index (χ1) is 13.9. The molecule has 2 aliphatic heterocycles. The van der Waals surface area contributed by atoms with Crippen LogP contribution in [0.1, 0.15) is 19.3 Å². The quantitative estimate of drug-likeness (QED) is 0.749. The van der Waals surface area contributed by atoms with Crippen molar-refractivity contribution in [2.75, 3.05) is 45.9 Å². The third kappa shape index (κ3) is 4.08. The van der Waals surface area contributed by atoms with Gasteiger partial charge in [0.2, 0.25) is 23.5 Å². The van der Waals surface area contributed by atoms with E-state index in [1.54, 1.807) is 21.9 Å². The summed E-state index contributed by atoms with van der Waals surface area (Å²) in [6.45, 7) is 1.26. The molecule has 2 aliphatic rings. The van der Waals surface area contributed by atoms with Gasteiger partial charge in [-0.3, -0.25) is 14.4 Å². The van der Waals surface area contributed by atoms with Crippen molar-refractivity contribution in [1.29, 1.82) is 0 Å². The number of nitrogens with two attached hydrogens (primary N) is 1. The van der Waals surface area contributed by atoms with Gasteiger partial charge in [-0.05, 0) is 12.8 Å². The molecule has 0 radical (unpaired) electrons. The number of benzene rings is 1. The van der Waals surface area contributed by atoms with E-state index >= 15 is 0 Å². The van der Waals surface area contributed by atoms with Crippen molar-refractivity contribution in [1.82, 2.24) is 4.90 Å². The second-order valence-corrected chi connectivity index (χ2v) is 7.29. The SMILES string of the molecule is COc1cc(N2CC(C(=O)N3CCC(C(N)=O)CC3)CC2=O)cc(OC)c1OC. The summed E-state index contributed by atoms with van der Waals surface area (Å²) in [7, 11) is 4.53. The van der Waals surface area contributed by atoms with Gasteiger partial charge in [-0.25, -0.2) is 0 Å². The largest absolute Gasteiger partial charge is 0.493 e. The number of piperidine rings is 1. The number of likely N-dealkylation sites (tertiary alicyclic amines) is 1. The molecule has 0 spiro atoms. The number of ether oxygens (including phenoxy) is 3. The van der Waals surface area contributed by atoms with Gasteiger partial charge in [0.1, 0.15) is 0 Å². The topological polar surface area (TPSA) is 111 Å². The van der Waals surface area contributed by atoms with E-state index in [9.17, 15) is 14.4 Å². The molecule has 1 atom stereocenters. The molecular weight excluding hydrogens is 378 g/mol. The number of primary amides is 1. The number of hydrogen-bond acceptors (Lipinski definition) is 6. The molecule has 2 fully saturated rings. The van der Waals surface area contributed by atoms with Gasteiger partial charge < -0.3 is 29.7 Å². The Morgan fingerprint density at radius 2 is 1.59 bits per heavy atom. The molecule has 1 aromatic carbocycles. The zero-order chi connectivity index (χ0) is 21.1. The van der Waals surface area contributed by atoms with E-state index in [0.29, 0.717) is 48.9 Å². The second-order valence-electron chi connectivity index (χ2n) is 7.29. The van der Waals surface area contributed by atoms with Crippen LogP contribution < -0.4 is 24.8 Å². The maximum Gasteiger partial charge on any atom is 0.228 e. The van der Waals surface area contributed by atoms with Crippen molar-refractivity contribution in [3.05, 3.63) is 12.1 Å². The number of methoxy groups -OCH3 is 3. The molecule has 2 heterocycles. The number of hydrogen-bond donors (Lipinski definition) is 1. The first-order valence-electron chi connectivity index (χ1n) is 9.58. The molecule has 0 aromatic heterocycles.